The first-order valence-electron chi connectivity index (χ1n) is 5.95. The van der Waals surface area contributed by atoms with Gasteiger partial charge in [-0.05, 0) is 19.9 Å². The van der Waals surface area contributed by atoms with Gasteiger partial charge in [0.15, 0.2) is 5.82 Å². The molecule has 0 radical (unpaired) electrons. The maximum atomic E-state index is 5.87. The van der Waals surface area contributed by atoms with E-state index in [2.05, 4.69) is 27.3 Å². The maximum absolute atomic E-state index is 5.87. The zero-order valence-corrected chi connectivity index (χ0v) is 10.7. The van der Waals surface area contributed by atoms with E-state index >= 15 is 0 Å². The Hall–Kier alpha value is -1.60. The number of rotatable bonds is 4. The Kier molecular flexibility index (Phi) is 4.16. The molecule has 100 valence electrons. The Balaban J connectivity index is 2.09. The summed E-state index contributed by atoms with van der Waals surface area (Å²) in [5, 5.41) is 0. The fourth-order valence-corrected chi connectivity index (χ4v) is 1.99. The third-order valence-electron chi connectivity index (χ3n) is 3.06. The van der Waals surface area contributed by atoms with E-state index < -0.39 is 0 Å². The summed E-state index contributed by atoms with van der Waals surface area (Å²) in [6, 6.07) is 0. The van der Waals surface area contributed by atoms with Gasteiger partial charge in [0.25, 0.3) is 5.88 Å². The van der Waals surface area contributed by atoms with E-state index in [9.17, 15) is 0 Å². The molecule has 7 nitrogen and oxygen atoms in total. The van der Waals surface area contributed by atoms with E-state index in [4.69, 9.17) is 15.3 Å². The highest BCUT2D eigenvalue weighted by Gasteiger charge is 2.21. The van der Waals surface area contributed by atoms with Gasteiger partial charge in [0.2, 0.25) is 5.75 Å². The molecular formula is C11H19N5O2. The first kappa shape index (κ1) is 12.8. The largest absolute Gasteiger partial charge is 0.489 e. The second kappa shape index (κ2) is 5.83. The average Bonchev–Trinajstić information content (AvgIpc) is 2.41. The number of aromatic nitrogens is 2. The lowest BCUT2D eigenvalue weighted by atomic mass is 10.1. The topological polar surface area (TPSA) is 85.5 Å². The second-order valence-electron chi connectivity index (χ2n) is 4.33. The first-order chi connectivity index (χ1) is 8.74. The van der Waals surface area contributed by atoms with Crippen LogP contribution in [0.3, 0.4) is 0 Å². The molecule has 7 heteroatoms. The number of nitrogens with two attached hydrogens (primary N) is 1. The van der Waals surface area contributed by atoms with Crippen molar-refractivity contribution < 1.29 is 9.47 Å². The highest BCUT2D eigenvalue weighted by atomic mass is 16.5. The summed E-state index contributed by atoms with van der Waals surface area (Å²) < 4.78 is 11.1. The number of hydrazine groups is 1. The number of nitrogens with zero attached hydrogens (tertiary/aromatic N) is 3. The van der Waals surface area contributed by atoms with Gasteiger partial charge in [-0.2, -0.15) is 4.98 Å². The fraction of sp³-hybridized carbons (Fsp3) is 0.636. The summed E-state index contributed by atoms with van der Waals surface area (Å²) in [6.45, 7) is 2.06. The van der Waals surface area contributed by atoms with Crippen molar-refractivity contribution in [3.63, 3.8) is 0 Å². The minimum Gasteiger partial charge on any atom is -0.489 e. The number of piperidine rings is 1. The lowest BCUT2D eigenvalue weighted by Crippen LogP contribution is -2.35. The van der Waals surface area contributed by atoms with E-state index in [1.165, 1.54) is 6.33 Å². The molecule has 2 heterocycles. The maximum Gasteiger partial charge on any atom is 0.262 e. The molecule has 0 aliphatic carbocycles. The van der Waals surface area contributed by atoms with E-state index in [0.717, 1.165) is 25.9 Å². The van der Waals surface area contributed by atoms with Crippen molar-refractivity contribution in [1.29, 1.82) is 0 Å². The smallest absolute Gasteiger partial charge is 0.262 e. The summed E-state index contributed by atoms with van der Waals surface area (Å²) in [4.78, 5) is 10.4. The number of methoxy groups -OCH3 is 1. The van der Waals surface area contributed by atoms with Gasteiger partial charge in [0.05, 0.1) is 7.11 Å². The molecule has 1 aromatic heterocycles. The van der Waals surface area contributed by atoms with Gasteiger partial charge in [-0.3, -0.25) is 0 Å². The fourth-order valence-electron chi connectivity index (χ4n) is 1.99. The van der Waals surface area contributed by atoms with Crippen molar-refractivity contribution in [2.75, 3.05) is 32.7 Å². The van der Waals surface area contributed by atoms with Gasteiger partial charge in [-0.25, -0.2) is 10.8 Å². The van der Waals surface area contributed by atoms with Crippen molar-refractivity contribution in [2.45, 2.75) is 18.9 Å². The van der Waals surface area contributed by atoms with Crippen LogP contribution in [0.25, 0.3) is 0 Å². The minimum atomic E-state index is 0.163. The van der Waals surface area contributed by atoms with Crippen molar-refractivity contribution >= 4 is 5.82 Å². The SMILES string of the molecule is COc1c(NN)ncnc1OC1CCN(C)CC1. The Morgan fingerprint density at radius 3 is 2.72 bits per heavy atom. The number of anilines is 1. The van der Waals surface area contributed by atoms with E-state index in [-0.39, 0.29) is 6.10 Å². The Morgan fingerprint density at radius 1 is 1.39 bits per heavy atom. The molecule has 2 rings (SSSR count). The van der Waals surface area contributed by atoms with Crippen LogP contribution in [0.2, 0.25) is 0 Å². The highest BCUT2D eigenvalue weighted by molar-refractivity contribution is 5.54. The van der Waals surface area contributed by atoms with Crippen molar-refractivity contribution in [2.24, 2.45) is 5.84 Å². The Labute approximate surface area is 106 Å². The Morgan fingerprint density at radius 2 is 2.11 bits per heavy atom. The van der Waals surface area contributed by atoms with Gasteiger partial charge < -0.3 is 19.8 Å². The van der Waals surface area contributed by atoms with Crippen molar-refractivity contribution in [3.8, 4) is 11.6 Å². The van der Waals surface area contributed by atoms with Gasteiger partial charge in [-0.1, -0.05) is 0 Å². The molecule has 0 atom stereocenters. The first-order valence-corrected chi connectivity index (χ1v) is 5.95. The van der Waals surface area contributed by atoms with Crippen LogP contribution in [0.15, 0.2) is 6.33 Å². The van der Waals surface area contributed by atoms with Gasteiger partial charge in [0, 0.05) is 13.1 Å². The van der Waals surface area contributed by atoms with Crippen LogP contribution in [-0.2, 0) is 0 Å². The molecule has 0 unspecified atom stereocenters. The summed E-state index contributed by atoms with van der Waals surface area (Å²) >= 11 is 0. The molecule has 0 spiro atoms. The normalized spacial score (nSPS) is 17.5. The summed E-state index contributed by atoms with van der Waals surface area (Å²) in [5.41, 5.74) is 2.47. The standard InChI is InChI=1S/C11H19N5O2/c1-16-5-3-8(4-6-16)18-11-9(17-2)10(15-12)13-7-14-11/h7-8H,3-6,12H2,1-2H3,(H,13,14,15). The molecule has 1 aliphatic heterocycles. The predicted molar refractivity (Wildman–Crippen MR) is 67.5 cm³/mol. The molecule has 1 fully saturated rings. The molecule has 1 aromatic rings. The molecule has 1 saturated heterocycles. The van der Waals surface area contributed by atoms with Crippen LogP contribution in [0, 0.1) is 0 Å². The van der Waals surface area contributed by atoms with Crippen LogP contribution in [0.1, 0.15) is 12.8 Å². The van der Waals surface area contributed by atoms with Gasteiger partial charge in [0.1, 0.15) is 12.4 Å². The van der Waals surface area contributed by atoms with E-state index in [1.807, 2.05) is 0 Å². The molecule has 0 amide bonds. The van der Waals surface area contributed by atoms with Crippen molar-refractivity contribution in [1.82, 2.24) is 14.9 Å². The summed E-state index contributed by atoms with van der Waals surface area (Å²) in [6.07, 6.45) is 3.53. The van der Waals surface area contributed by atoms with Crippen LogP contribution >= 0.6 is 0 Å². The molecule has 0 saturated carbocycles. The number of nitrogens with one attached hydrogen (secondary N) is 1. The molecular weight excluding hydrogens is 234 g/mol. The molecule has 0 aromatic carbocycles. The van der Waals surface area contributed by atoms with Crippen LogP contribution in [-0.4, -0.2) is 48.2 Å². The third kappa shape index (κ3) is 2.80. The van der Waals surface area contributed by atoms with Crippen molar-refractivity contribution in [3.05, 3.63) is 6.33 Å². The lowest BCUT2D eigenvalue weighted by Gasteiger charge is -2.29. The number of likely N-dealkylation sites (tertiary alicyclic amines) is 1. The predicted octanol–water partition coefficient (Wildman–Crippen LogP) is 0.244. The molecule has 3 N–H and O–H groups in total. The highest BCUT2D eigenvalue weighted by Crippen LogP contribution is 2.31. The third-order valence-corrected chi connectivity index (χ3v) is 3.06. The quantitative estimate of drug-likeness (QED) is 0.587. The monoisotopic (exact) mass is 253 g/mol. The molecule has 1 aliphatic rings. The van der Waals surface area contributed by atoms with E-state index in [1.54, 1.807) is 7.11 Å². The molecule has 0 bridgehead atoms. The van der Waals surface area contributed by atoms with Crippen LogP contribution in [0.4, 0.5) is 5.82 Å². The second-order valence-corrected chi connectivity index (χ2v) is 4.33. The number of hydrogen-bond donors (Lipinski definition) is 2. The zero-order valence-electron chi connectivity index (χ0n) is 10.7. The zero-order chi connectivity index (χ0) is 13.0. The average molecular weight is 253 g/mol. The Bertz CT molecular complexity index is 393. The lowest BCUT2D eigenvalue weighted by molar-refractivity contribution is 0.106. The number of ether oxygens (including phenoxy) is 2. The van der Waals surface area contributed by atoms with Crippen LogP contribution < -0.4 is 20.7 Å². The van der Waals surface area contributed by atoms with E-state index in [0.29, 0.717) is 17.4 Å². The molecule has 18 heavy (non-hydrogen) atoms. The number of hydrogen-bond acceptors (Lipinski definition) is 7. The van der Waals surface area contributed by atoms with Gasteiger partial charge in [-0.15, -0.1) is 0 Å². The summed E-state index contributed by atoms with van der Waals surface area (Å²) in [7, 11) is 3.65. The van der Waals surface area contributed by atoms with Crippen LogP contribution in [0.5, 0.6) is 11.6 Å². The minimum absolute atomic E-state index is 0.163. The number of nitrogen functional groups attached to an aromatic ring is 1. The summed E-state index contributed by atoms with van der Waals surface area (Å²) in [5.74, 6) is 6.67. The van der Waals surface area contributed by atoms with Gasteiger partial charge >= 0.3 is 0 Å².